The van der Waals surface area contributed by atoms with Gasteiger partial charge in [0.05, 0.1) is 13.2 Å². The molecule has 0 aliphatic carbocycles. The van der Waals surface area contributed by atoms with Gasteiger partial charge < -0.3 is 19.7 Å². The third-order valence-corrected chi connectivity index (χ3v) is 1.54. The van der Waals surface area contributed by atoms with Gasteiger partial charge in [-0.25, -0.2) is 4.79 Å². The van der Waals surface area contributed by atoms with Crippen LogP contribution in [-0.4, -0.2) is 42.8 Å². The molecule has 0 aliphatic heterocycles. The second-order valence-electron chi connectivity index (χ2n) is 2.81. The number of carbonyl (C=O) groups excluding carboxylic acids is 1. The van der Waals surface area contributed by atoms with Gasteiger partial charge in [-0.1, -0.05) is 0 Å². The zero-order valence-electron chi connectivity index (χ0n) is 8.28. The predicted octanol–water partition coefficient (Wildman–Crippen LogP) is 0.685. The fourth-order valence-corrected chi connectivity index (χ4v) is 0.780. The molecule has 0 spiro atoms. The highest BCUT2D eigenvalue weighted by molar-refractivity contribution is 5.59. The maximum Gasteiger partial charge on any atom is 0.508 e. The van der Waals surface area contributed by atoms with Crippen molar-refractivity contribution in [3.05, 3.63) is 0 Å². The predicted molar refractivity (Wildman–Crippen MR) is 49.9 cm³/mol. The molecule has 0 aromatic heterocycles. The van der Waals surface area contributed by atoms with Gasteiger partial charge in [-0.05, 0) is 25.7 Å². The maximum absolute atomic E-state index is 10.8. The fraction of sp³-hybridized carbons (Fsp3) is 0.889. The Morgan fingerprint density at radius 3 is 1.64 bits per heavy atom. The van der Waals surface area contributed by atoms with Gasteiger partial charge >= 0.3 is 6.16 Å². The van der Waals surface area contributed by atoms with E-state index in [1.54, 1.807) is 0 Å². The van der Waals surface area contributed by atoms with Crippen LogP contribution in [0.5, 0.6) is 0 Å². The normalized spacial score (nSPS) is 9.86. The molecule has 84 valence electrons. The minimum atomic E-state index is -0.680. The highest BCUT2D eigenvalue weighted by atomic mass is 16.7. The molecular formula is C9H18O5. The van der Waals surface area contributed by atoms with Crippen LogP contribution in [-0.2, 0) is 9.47 Å². The van der Waals surface area contributed by atoms with Gasteiger partial charge in [-0.2, -0.15) is 0 Å². The average molecular weight is 206 g/mol. The van der Waals surface area contributed by atoms with Gasteiger partial charge in [0, 0.05) is 13.2 Å². The van der Waals surface area contributed by atoms with Crippen LogP contribution < -0.4 is 0 Å². The second-order valence-corrected chi connectivity index (χ2v) is 2.81. The molecule has 0 heterocycles. The molecule has 0 atom stereocenters. The number of unbranched alkanes of at least 4 members (excludes halogenated alkanes) is 2. The molecule has 14 heavy (non-hydrogen) atoms. The Hall–Kier alpha value is -0.810. The molecule has 0 aromatic carbocycles. The third-order valence-electron chi connectivity index (χ3n) is 1.54. The van der Waals surface area contributed by atoms with Crippen LogP contribution in [0.1, 0.15) is 25.7 Å². The standard InChI is InChI=1S/C9H18O5/c10-5-1-3-7-13-9(12)14-8-4-2-6-11/h10-11H,1-8H2. The highest BCUT2D eigenvalue weighted by Gasteiger charge is 2.02. The van der Waals surface area contributed by atoms with E-state index < -0.39 is 6.16 Å². The molecule has 5 nitrogen and oxygen atoms in total. The maximum atomic E-state index is 10.8. The molecule has 0 aliphatic rings. The monoisotopic (exact) mass is 206 g/mol. The molecular weight excluding hydrogens is 188 g/mol. The van der Waals surface area contributed by atoms with Crippen LogP contribution in [0.2, 0.25) is 0 Å². The van der Waals surface area contributed by atoms with E-state index >= 15 is 0 Å². The minimum Gasteiger partial charge on any atom is -0.434 e. The molecule has 0 bridgehead atoms. The molecule has 0 saturated heterocycles. The molecule has 0 fully saturated rings. The fourth-order valence-electron chi connectivity index (χ4n) is 0.780. The Labute approximate surface area is 83.6 Å². The number of hydrogen-bond donors (Lipinski definition) is 2. The van der Waals surface area contributed by atoms with Crippen molar-refractivity contribution in [2.45, 2.75) is 25.7 Å². The van der Waals surface area contributed by atoms with E-state index in [0.717, 1.165) is 0 Å². The number of carbonyl (C=O) groups is 1. The zero-order chi connectivity index (χ0) is 10.6. The topological polar surface area (TPSA) is 76.0 Å². The van der Waals surface area contributed by atoms with E-state index in [4.69, 9.17) is 10.2 Å². The van der Waals surface area contributed by atoms with Gasteiger partial charge in [0.1, 0.15) is 0 Å². The molecule has 2 N–H and O–H groups in total. The Morgan fingerprint density at radius 2 is 1.29 bits per heavy atom. The first-order chi connectivity index (χ1) is 6.81. The van der Waals surface area contributed by atoms with E-state index in [-0.39, 0.29) is 26.4 Å². The molecule has 0 amide bonds. The third kappa shape index (κ3) is 9.28. The molecule has 5 heteroatoms. The van der Waals surface area contributed by atoms with Gasteiger partial charge in [0.2, 0.25) is 0 Å². The SMILES string of the molecule is O=C(OCCCCO)OCCCCO. The summed E-state index contributed by atoms with van der Waals surface area (Å²) >= 11 is 0. The first-order valence-electron chi connectivity index (χ1n) is 4.82. The number of hydrogen-bond acceptors (Lipinski definition) is 5. The molecule has 0 unspecified atom stereocenters. The summed E-state index contributed by atoms with van der Waals surface area (Å²) in [5.41, 5.74) is 0. The number of rotatable bonds is 8. The molecule has 0 aromatic rings. The van der Waals surface area contributed by atoms with Gasteiger partial charge in [-0.3, -0.25) is 0 Å². The lowest BCUT2D eigenvalue weighted by atomic mass is 10.3. The van der Waals surface area contributed by atoms with E-state index in [2.05, 4.69) is 9.47 Å². The van der Waals surface area contributed by atoms with Crippen LogP contribution in [0.15, 0.2) is 0 Å². The van der Waals surface area contributed by atoms with Crippen LogP contribution in [0.4, 0.5) is 4.79 Å². The number of aliphatic hydroxyl groups excluding tert-OH is 2. The zero-order valence-corrected chi connectivity index (χ0v) is 8.28. The summed E-state index contributed by atoms with van der Waals surface area (Å²) in [6, 6.07) is 0. The first-order valence-corrected chi connectivity index (χ1v) is 4.82. The van der Waals surface area contributed by atoms with Crippen LogP contribution in [0, 0.1) is 0 Å². The lowest BCUT2D eigenvalue weighted by Crippen LogP contribution is -2.10. The van der Waals surface area contributed by atoms with Crippen molar-refractivity contribution in [3.8, 4) is 0 Å². The van der Waals surface area contributed by atoms with Gasteiger partial charge in [0.25, 0.3) is 0 Å². The second kappa shape index (κ2) is 10.3. The number of aliphatic hydroxyl groups is 2. The smallest absolute Gasteiger partial charge is 0.434 e. The lowest BCUT2D eigenvalue weighted by Gasteiger charge is -2.04. The van der Waals surface area contributed by atoms with Crippen molar-refractivity contribution < 1.29 is 24.5 Å². The van der Waals surface area contributed by atoms with Crippen molar-refractivity contribution in [2.75, 3.05) is 26.4 Å². The van der Waals surface area contributed by atoms with Crippen molar-refractivity contribution in [1.82, 2.24) is 0 Å². The van der Waals surface area contributed by atoms with Crippen molar-refractivity contribution in [1.29, 1.82) is 0 Å². The summed E-state index contributed by atoms with van der Waals surface area (Å²) in [6.07, 6.45) is 1.85. The number of ether oxygens (including phenoxy) is 2. The van der Waals surface area contributed by atoms with Gasteiger partial charge in [-0.15, -0.1) is 0 Å². The van der Waals surface area contributed by atoms with Crippen LogP contribution in [0.3, 0.4) is 0 Å². The van der Waals surface area contributed by atoms with E-state index in [1.807, 2.05) is 0 Å². The highest BCUT2D eigenvalue weighted by Crippen LogP contribution is 1.94. The summed E-state index contributed by atoms with van der Waals surface area (Å²) < 4.78 is 9.38. The van der Waals surface area contributed by atoms with Gasteiger partial charge in [0.15, 0.2) is 0 Å². The Balaban J connectivity index is 3.11. The minimum absolute atomic E-state index is 0.106. The Bertz CT molecular complexity index is 123. The summed E-state index contributed by atoms with van der Waals surface area (Å²) in [5, 5.41) is 16.9. The van der Waals surface area contributed by atoms with Crippen LogP contribution >= 0.6 is 0 Å². The van der Waals surface area contributed by atoms with Crippen LogP contribution in [0.25, 0.3) is 0 Å². The van der Waals surface area contributed by atoms with E-state index in [1.165, 1.54) is 0 Å². The quantitative estimate of drug-likeness (QED) is 0.451. The summed E-state index contributed by atoms with van der Waals surface area (Å²) in [5.74, 6) is 0. The summed E-state index contributed by atoms with van der Waals surface area (Å²) in [4.78, 5) is 10.8. The van der Waals surface area contributed by atoms with E-state index in [0.29, 0.717) is 25.7 Å². The molecule has 0 radical (unpaired) electrons. The first kappa shape index (κ1) is 13.2. The lowest BCUT2D eigenvalue weighted by molar-refractivity contribution is 0.0512. The molecule has 0 saturated carbocycles. The van der Waals surface area contributed by atoms with Crippen molar-refractivity contribution >= 4 is 6.16 Å². The van der Waals surface area contributed by atoms with Crippen molar-refractivity contribution in [2.24, 2.45) is 0 Å². The summed E-state index contributed by atoms with van der Waals surface area (Å²) in [7, 11) is 0. The van der Waals surface area contributed by atoms with E-state index in [9.17, 15) is 4.79 Å². The Kier molecular flexibility index (Phi) is 9.68. The largest absolute Gasteiger partial charge is 0.508 e. The average Bonchev–Trinajstić information content (AvgIpc) is 2.19. The summed E-state index contributed by atoms with van der Waals surface area (Å²) in [6.45, 7) is 0.766. The van der Waals surface area contributed by atoms with Crippen molar-refractivity contribution in [3.63, 3.8) is 0 Å². The molecule has 0 rings (SSSR count). The Morgan fingerprint density at radius 1 is 0.857 bits per heavy atom.